The number of halogens is 5. The van der Waals surface area contributed by atoms with Crippen LogP contribution in [0.25, 0.3) is 0 Å². The van der Waals surface area contributed by atoms with E-state index in [-0.39, 0.29) is 37.2 Å². The molecule has 1 aliphatic heterocycles. The highest BCUT2D eigenvalue weighted by Crippen LogP contribution is 2.31. The number of hydrogen-bond donors (Lipinski definition) is 2. The molecule has 1 aromatic heterocycles. The zero-order chi connectivity index (χ0) is 17.8. The lowest BCUT2D eigenvalue weighted by molar-refractivity contribution is 0.216. The normalized spacial score (nSPS) is 22.5. The minimum absolute atomic E-state index is 0. The summed E-state index contributed by atoms with van der Waals surface area (Å²) in [6.45, 7) is 5.05. The summed E-state index contributed by atoms with van der Waals surface area (Å²) < 4.78 is 0. The second-order valence-electron chi connectivity index (χ2n) is 7.12. The Bertz CT molecular complexity index is 577. The highest BCUT2D eigenvalue weighted by atomic mass is 35.5. The van der Waals surface area contributed by atoms with Gasteiger partial charge in [0.05, 0.1) is 0 Å². The van der Waals surface area contributed by atoms with Crippen molar-refractivity contribution in [3.05, 3.63) is 10.2 Å². The van der Waals surface area contributed by atoms with Crippen LogP contribution in [0.4, 0.5) is 11.8 Å². The summed E-state index contributed by atoms with van der Waals surface area (Å²) in [6.07, 6.45) is 6.26. The van der Waals surface area contributed by atoms with Crippen LogP contribution in [0, 0.1) is 5.92 Å². The number of hydrogen-bond acceptors (Lipinski definition) is 6. The van der Waals surface area contributed by atoms with Gasteiger partial charge >= 0.3 is 0 Å². The van der Waals surface area contributed by atoms with E-state index in [9.17, 15) is 0 Å². The van der Waals surface area contributed by atoms with E-state index in [1.54, 1.807) is 7.05 Å². The number of rotatable bonds is 5. The Labute approximate surface area is 196 Å². The fourth-order valence-electron chi connectivity index (χ4n) is 3.76. The van der Waals surface area contributed by atoms with Crippen LogP contribution >= 0.6 is 60.4 Å². The summed E-state index contributed by atoms with van der Waals surface area (Å²) in [5, 5.41) is 3.67. The molecule has 0 atom stereocenters. The molecule has 1 aromatic rings. The maximum atomic E-state index is 6.32. The molecule has 0 spiro atoms. The first kappa shape index (κ1) is 28.1. The van der Waals surface area contributed by atoms with Crippen LogP contribution in [0.2, 0.25) is 10.2 Å². The first-order valence-corrected chi connectivity index (χ1v) is 9.96. The molecular formula is C17H31Cl5N6. The van der Waals surface area contributed by atoms with Crippen LogP contribution in [-0.2, 0) is 0 Å². The predicted octanol–water partition coefficient (Wildman–Crippen LogP) is 4.12. The lowest BCUT2D eigenvalue weighted by Gasteiger charge is -2.37. The second-order valence-corrected chi connectivity index (χ2v) is 7.86. The van der Waals surface area contributed by atoms with E-state index < -0.39 is 0 Å². The van der Waals surface area contributed by atoms with E-state index in [1.165, 1.54) is 38.6 Å². The highest BCUT2D eigenvalue weighted by molar-refractivity contribution is 6.42. The second kappa shape index (κ2) is 13.4. The summed E-state index contributed by atoms with van der Waals surface area (Å²) in [5.74, 6) is 2.08. The number of nitrogens with two attached hydrogens (primary N) is 1. The van der Waals surface area contributed by atoms with E-state index in [0.717, 1.165) is 37.9 Å². The predicted molar refractivity (Wildman–Crippen MR) is 127 cm³/mol. The minimum Gasteiger partial charge on any atom is -0.357 e. The van der Waals surface area contributed by atoms with Gasteiger partial charge in [-0.05, 0) is 44.6 Å². The van der Waals surface area contributed by atoms with Crippen molar-refractivity contribution in [1.82, 2.24) is 14.9 Å². The molecule has 1 saturated carbocycles. The Morgan fingerprint density at radius 1 is 1.00 bits per heavy atom. The molecule has 2 aliphatic rings. The Kier molecular flexibility index (Phi) is 13.4. The third kappa shape index (κ3) is 7.38. The summed E-state index contributed by atoms with van der Waals surface area (Å²) in [5.41, 5.74) is 6.00. The zero-order valence-corrected chi connectivity index (χ0v) is 20.0. The van der Waals surface area contributed by atoms with Crippen molar-refractivity contribution in [2.75, 3.05) is 50.0 Å². The largest absolute Gasteiger partial charge is 0.357 e. The van der Waals surface area contributed by atoms with E-state index in [1.807, 2.05) is 0 Å². The van der Waals surface area contributed by atoms with Crippen LogP contribution in [-0.4, -0.2) is 60.7 Å². The molecule has 2 heterocycles. The molecule has 2 fully saturated rings. The van der Waals surface area contributed by atoms with Gasteiger partial charge in [0.15, 0.2) is 11.0 Å². The molecule has 0 unspecified atom stereocenters. The molecule has 6 nitrogen and oxygen atoms in total. The van der Waals surface area contributed by atoms with Crippen LogP contribution in [0.3, 0.4) is 0 Å². The van der Waals surface area contributed by atoms with Gasteiger partial charge in [-0.3, -0.25) is 4.90 Å². The van der Waals surface area contributed by atoms with E-state index >= 15 is 0 Å². The Morgan fingerprint density at radius 3 is 2.18 bits per heavy atom. The van der Waals surface area contributed by atoms with Gasteiger partial charge < -0.3 is 16.0 Å². The van der Waals surface area contributed by atoms with E-state index in [4.69, 9.17) is 28.9 Å². The average Bonchev–Trinajstić information content (AvgIpc) is 2.64. The molecule has 0 aromatic carbocycles. The molecule has 0 radical (unpaired) electrons. The molecule has 1 aliphatic carbocycles. The lowest BCUT2D eigenvalue weighted by atomic mass is 9.84. The molecule has 1 saturated heterocycles. The molecule has 164 valence electrons. The van der Waals surface area contributed by atoms with Gasteiger partial charge in [-0.2, -0.15) is 9.97 Å². The van der Waals surface area contributed by atoms with E-state index in [2.05, 4.69) is 25.1 Å². The monoisotopic (exact) mass is 494 g/mol. The number of aromatic nitrogens is 2. The molecular weight excluding hydrogens is 465 g/mol. The third-order valence-corrected chi connectivity index (χ3v) is 6.15. The summed E-state index contributed by atoms with van der Waals surface area (Å²) in [7, 11) is 1.78. The number of piperazine rings is 1. The van der Waals surface area contributed by atoms with Gasteiger partial charge in [-0.25, -0.2) is 0 Å². The van der Waals surface area contributed by atoms with Gasteiger partial charge in [0.25, 0.3) is 0 Å². The van der Waals surface area contributed by atoms with Gasteiger partial charge in [-0.15, -0.1) is 37.2 Å². The van der Waals surface area contributed by atoms with Gasteiger partial charge in [0.2, 0.25) is 5.95 Å². The summed E-state index contributed by atoms with van der Waals surface area (Å²) in [4.78, 5) is 13.3. The topological polar surface area (TPSA) is 70.3 Å². The summed E-state index contributed by atoms with van der Waals surface area (Å²) >= 11 is 12.4. The molecule has 3 N–H and O–H groups in total. The maximum absolute atomic E-state index is 6.32. The van der Waals surface area contributed by atoms with Crippen molar-refractivity contribution >= 4 is 72.2 Å². The molecule has 11 heteroatoms. The minimum atomic E-state index is 0. The standard InChI is InChI=1S/C17H28Cl2N6.3ClH/c1-21-17-22-15(19)14(18)16(23-17)25-10-8-24(9-11-25)7-6-12-2-4-13(20)5-3-12;;;/h12-13H,2-11,20H2,1H3,(H,21,22,23);3*1H/t12-,13-;;;. The molecule has 0 bridgehead atoms. The molecule has 3 rings (SSSR count). The Balaban J connectivity index is 0.00000243. The smallest absolute Gasteiger partial charge is 0.225 e. The lowest BCUT2D eigenvalue weighted by Crippen LogP contribution is -2.47. The SMILES string of the molecule is CNc1nc(Cl)c(Cl)c(N2CCN(CC[C@H]3CC[C@H](N)CC3)CC2)n1.Cl.Cl.Cl. The average molecular weight is 497 g/mol. The van der Waals surface area contributed by atoms with Crippen LogP contribution in [0.15, 0.2) is 0 Å². The van der Waals surface area contributed by atoms with Crippen molar-refractivity contribution in [2.24, 2.45) is 11.7 Å². The first-order valence-electron chi connectivity index (χ1n) is 9.20. The third-order valence-electron chi connectivity index (χ3n) is 5.43. The van der Waals surface area contributed by atoms with Crippen molar-refractivity contribution in [3.8, 4) is 0 Å². The van der Waals surface area contributed by atoms with Gasteiger partial charge in [0.1, 0.15) is 5.02 Å². The first-order chi connectivity index (χ1) is 12.1. The van der Waals surface area contributed by atoms with Crippen molar-refractivity contribution in [1.29, 1.82) is 0 Å². The fourth-order valence-corrected chi connectivity index (χ4v) is 4.12. The number of anilines is 2. The van der Waals surface area contributed by atoms with Gasteiger partial charge in [0, 0.05) is 39.3 Å². The van der Waals surface area contributed by atoms with Crippen LogP contribution < -0.4 is 16.0 Å². The Hall–Kier alpha value is 0.0500. The number of nitrogens with zero attached hydrogens (tertiary/aromatic N) is 4. The molecule has 28 heavy (non-hydrogen) atoms. The van der Waals surface area contributed by atoms with Crippen molar-refractivity contribution < 1.29 is 0 Å². The molecule has 0 amide bonds. The maximum Gasteiger partial charge on any atom is 0.225 e. The van der Waals surface area contributed by atoms with E-state index in [0.29, 0.717) is 22.2 Å². The highest BCUT2D eigenvalue weighted by Gasteiger charge is 2.24. The van der Waals surface area contributed by atoms with Crippen LogP contribution in [0.1, 0.15) is 32.1 Å². The van der Waals surface area contributed by atoms with Gasteiger partial charge in [-0.1, -0.05) is 23.2 Å². The van der Waals surface area contributed by atoms with Crippen LogP contribution in [0.5, 0.6) is 0 Å². The quantitative estimate of drug-likeness (QED) is 0.598. The fraction of sp³-hybridized carbons (Fsp3) is 0.765. The van der Waals surface area contributed by atoms with Crippen molar-refractivity contribution in [3.63, 3.8) is 0 Å². The summed E-state index contributed by atoms with van der Waals surface area (Å²) in [6, 6.07) is 0.437. The zero-order valence-electron chi connectivity index (χ0n) is 16.1. The van der Waals surface area contributed by atoms with Crippen molar-refractivity contribution in [2.45, 2.75) is 38.1 Å². The Morgan fingerprint density at radius 2 is 1.61 bits per heavy atom. The number of nitrogens with one attached hydrogen (secondary N) is 1.